The SMILES string of the molecule is c1coc(-c2nc(CNCc3cccs3)cs2)c1. The number of hydrogen-bond acceptors (Lipinski definition) is 5. The average molecular weight is 276 g/mol. The third-order valence-corrected chi connectivity index (χ3v) is 4.25. The number of rotatable bonds is 5. The second kappa shape index (κ2) is 5.48. The van der Waals surface area contributed by atoms with E-state index in [1.165, 1.54) is 4.88 Å². The van der Waals surface area contributed by atoms with Gasteiger partial charge in [-0.2, -0.15) is 0 Å². The second-order valence-electron chi connectivity index (χ2n) is 3.80. The van der Waals surface area contributed by atoms with Crippen LogP contribution >= 0.6 is 22.7 Å². The van der Waals surface area contributed by atoms with E-state index in [2.05, 4.69) is 33.2 Å². The van der Waals surface area contributed by atoms with Crippen LogP contribution in [0.2, 0.25) is 0 Å². The number of thiophene rings is 1. The molecule has 0 amide bonds. The molecule has 3 nitrogen and oxygen atoms in total. The summed E-state index contributed by atoms with van der Waals surface area (Å²) in [6.07, 6.45) is 1.67. The van der Waals surface area contributed by atoms with Gasteiger partial charge in [0.05, 0.1) is 12.0 Å². The molecule has 0 unspecified atom stereocenters. The van der Waals surface area contributed by atoms with Gasteiger partial charge in [0.2, 0.25) is 0 Å². The van der Waals surface area contributed by atoms with Gasteiger partial charge in [-0.1, -0.05) is 6.07 Å². The van der Waals surface area contributed by atoms with Crippen LogP contribution in [0.3, 0.4) is 0 Å². The van der Waals surface area contributed by atoms with Gasteiger partial charge in [-0.3, -0.25) is 0 Å². The first-order valence-corrected chi connectivity index (χ1v) is 7.39. The molecule has 0 saturated heterocycles. The molecule has 0 aromatic carbocycles. The van der Waals surface area contributed by atoms with Gasteiger partial charge in [-0.25, -0.2) is 4.98 Å². The highest BCUT2D eigenvalue weighted by Gasteiger charge is 2.06. The van der Waals surface area contributed by atoms with E-state index in [-0.39, 0.29) is 0 Å². The molecule has 5 heteroatoms. The Hall–Kier alpha value is -1.43. The van der Waals surface area contributed by atoms with Gasteiger partial charge in [0.15, 0.2) is 10.8 Å². The molecular weight excluding hydrogens is 264 g/mol. The van der Waals surface area contributed by atoms with Gasteiger partial charge in [-0.05, 0) is 23.6 Å². The third-order valence-electron chi connectivity index (χ3n) is 2.47. The van der Waals surface area contributed by atoms with Crippen LogP contribution in [-0.2, 0) is 13.1 Å². The van der Waals surface area contributed by atoms with Crippen molar-refractivity contribution in [2.75, 3.05) is 0 Å². The fourth-order valence-corrected chi connectivity index (χ4v) is 3.09. The zero-order valence-corrected chi connectivity index (χ0v) is 11.3. The van der Waals surface area contributed by atoms with Gasteiger partial charge < -0.3 is 9.73 Å². The molecule has 0 fully saturated rings. The van der Waals surface area contributed by atoms with Crippen LogP contribution < -0.4 is 5.32 Å². The van der Waals surface area contributed by atoms with Gasteiger partial charge in [0.1, 0.15) is 0 Å². The first-order chi connectivity index (χ1) is 8.92. The van der Waals surface area contributed by atoms with Gasteiger partial charge in [-0.15, -0.1) is 22.7 Å². The third kappa shape index (κ3) is 2.69. The monoisotopic (exact) mass is 276 g/mol. The minimum Gasteiger partial charge on any atom is -0.462 e. The van der Waals surface area contributed by atoms with E-state index in [1.54, 1.807) is 28.9 Å². The van der Waals surface area contributed by atoms with Crippen molar-refractivity contribution in [1.82, 2.24) is 10.3 Å². The Kier molecular flexibility index (Phi) is 3.54. The topological polar surface area (TPSA) is 38.1 Å². The smallest absolute Gasteiger partial charge is 0.162 e. The van der Waals surface area contributed by atoms with Crippen LogP contribution in [-0.4, -0.2) is 4.98 Å². The number of nitrogens with one attached hydrogen (secondary N) is 1. The molecule has 0 spiro atoms. The lowest BCUT2D eigenvalue weighted by atomic mass is 10.4. The van der Waals surface area contributed by atoms with Crippen molar-refractivity contribution >= 4 is 22.7 Å². The Morgan fingerprint density at radius 1 is 1.17 bits per heavy atom. The molecule has 3 aromatic heterocycles. The Bertz CT molecular complexity index is 584. The van der Waals surface area contributed by atoms with Gasteiger partial charge >= 0.3 is 0 Å². The van der Waals surface area contributed by atoms with Crippen molar-refractivity contribution in [3.05, 3.63) is 51.9 Å². The maximum Gasteiger partial charge on any atom is 0.162 e. The van der Waals surface area contributed by atoms with E-state index >= 15 is 0 Å². The van der Waals surface area contributed by atoms with E-state index in [1.807, 2.05) is 12.1 Å². The maximum atomic E-state index is 5.33. The lowest BCUT2D eigenvalue weighted by molar-refractivity contribution is 0.581. The number of furan rings is 1. The molecule has 0 aliphatic heterocycles. The van der Waals surface area contributed by atoms with Crippen LogP contribution in [0.1, 0.15) is 10.6 Å². The molecule has 0 atom stereocenters. The summed E-state index contributed by atoms with van der Waals surface area (Å²) in [5, 5.41) is 8.49. The zero-order chi connectivity index (χ0) is 12.2. The summed E-state index contributed by atoms with van der Waals surface area (Å²) in [5.41, 5.74) is 1.06. The number of aromatic nitrogens is 1. The molecule has 92 valence electrons. The summed E-state index contributed by atoms with van der Waals surface area (Å²) in [7, 11) is 0. The predicted molar refractivity (Wildman–Crippen MR) is 74.7 cm³/mol. The molecule has 0 bridgehead atoms. The van der Waals surface area contributed by atoms with Crippen LogP contribution in [0.5, 0.6) is 0 Å². The van der Waals surface area contributed by atoms with E-state index in [4.69, 9.17) is 4.42 Å². The summed E-state index contributed by atoms with van der Waals surface area (Å²) in [5.74, 6) is 0.838. The Balaban J connectivity index is 1.57. The van der Waals surface area contributed by atoms with Crippen molar-refractivity contribution in [2.24, 2.45) is 0 Å². The largest absolute Gasteiger partial charge is 0.462 e. The molecule has 0 saturated carbocycles. The van der Waals surface area contributed by atoms with E-state index in [9.17, 15) is 0 Å². The van der Waals surface area contributed by atoms with Crippen LogP contribution in [0.15, 0.2) is 45.7 Å². The summed E-state index contributed by atoms with van der Waals surface area (Å²) in [6, 6.07) is 8.01. The van der Waals surface area contributed by atoms with Gasteiger partial charge in [0.25, 0.3) is 0 Å². The van der Waals surface area contributed by atoms with Crippen LogP contribution in [0.4, 0.5) is 0 Å². The summed E-state index contributed by atoms with van der Waals surface area (Å²) < 4.78 is 5.33. The van der Waals surface area contributed by atoms with Gasteiger partial charge in [0, 0.05) is 23.3 Å². The zero-order valence-electron chi connectivity index (χ0n) is 9.63. The van der Waals surface area contributed by atoms with Crippen LogP contribution in [0.25, 0.3) is 10.8 Å². The lowest BCUT2D eigenvalue weighted by Gasteiger charge is -1.99. The van der Waals surface area contributed by atoms with E-state index in [0.29, 0.717) is 0 Å². The molecule has 0 radical (unpaired) electrons. The Labute approximate surface area is 113 Å². The predicted octanol–water partition coefficient (Wildman–Crippen LogP) is 3.75. The highest BCUT2D eigenvalue weighted by Crippen LogP contribution is 2.23. The van der Waals surface area contributed by atoms with Crippen LogP contribution in [0, 0.1) is 0 Å². The number of thiazole rings is 1. The first kappa shape index (κ1) is 11.6. The maximum absolute atomic E-state index is 5.33. The fourth-order valence-electron chi connectivity index (χ4n) is 1.63. The van der Waals surface area contributed by atoms with Crippen molar-refractivity contribution in [3.8, 4) is 10.8 Å². The van der Waals surface area contributed by atoms with Crippen molar-refractivity contribution in [3.63, 3.8) is 0 Å². The summed E-state index contributed by atoms with van der Waals surface area (Å²) in [4.78, 5) is 5.88. The Morgan fingerprint density at radius 3 is 2.94 bits per heavy atom. The highest BCUT2D eigenvalue weighted by molar-refractivity contribution is 7.13. The normalized spacial score (nSPS) is 10.9. The minimum atomic E-state index is 0.787. The molecule has 18 heavy (non-hydrogen) atoms. The fraction of sp³-hybridized carbons (Fsp3) is 0.154. The van der Waals surface area contributed by atoms with E-state index in [0.717, 1.165) is 29.6 Å². The van der Waals surface area contributed by atoms with Crippen molar-refractivity contribution < 1.29 is 4.42 Å². The molecule has 3 heterocycles. The summed E-state index contributed by atoms with van der Waals surface area (Å²) >= 11 is 3.38. The molecule has 0 aliphatic carbocycles. The van der Waals surface area contributed by atoms with Crippen molar-refractivity contribution in [2.45, 2.75) is 13.1 Å². The number of hydrogen-bond donors (Lipinski definition) is 1. The first-order valence-electron chi connectivity index (χ1n) is 5.63. The second-order valence-corrected chi connectivity index (χ2v) is 5.69. The molecule has 1 N–H and O–H groups in total. The highest BCUT2D eigenvalue weighted by atomic mass is 32.1. The van der Waals surface area contributed by atoms with E-state index < -0.39 is 0 Å². The average Bonchev–Trinajstić information content (AvgIpc) is 3.12. The molecular formula is C13H12N2OS2. The molecule has 3 aromatic rings. The quantitative estimate of drug-likeness (QED) is 0.771. The lowest BCUT2D eigenvalue weighted by Crippen LogP contribution is -2.11. The molecule has 0 aliphatic rings. The van der Waals surface area contributed by atoms with Crippen molar-refractivity contribution in [1.29, 1.82) is 0 Å². The standard InChI is InChI=1S/C13H12N2OS2/c1-4-12(16-5-1)13-15-10(9-18-13)7-14-8-11-3-2-6-17-11/h1-6,9,14H,7-8H2. The Morgan fingerprint density at radius 2 is 2.17 bits per heavy atom. The summed E-state index contributed by atoms with van der Waals surface area (Å²) in [6.45, 7) is 1.68. The minimum absolute atomic E-state index is 0.787. The number of nitrogens with zero attached hydrogens (tertiary/aromatic N) is 1. The molecule has 3 rings (SSSR count).